The van der Waals surface area contributed by atoms with Gasteiger partial charge in [0.1, 0.15) is 0 Å². The van der Waals surface area contributed by atoms with Gasteiger partial charge in [-0.25, -0.2) is 0 Å². The van der Waals surface area contributed by atoms with Crippen LogP contribution in [0.15, 0.2) is 22.7 Å². The second-order valence-electron chi connectivity index (χ2n) is 4.56. The van der Waals surface area contributed by atoms with Gasteiger partial charge in [0, 0.05) is 10.5 Å². The van der Waals surface area contributed by atoms with Crippen LogP contribution in [0.3, 0.4) is 0 Å². The lowest BCUT2D eigenvalue weighted by molar-refractivity contribution is 0.415. The van der Waals surface area contributed by atoms with E-state index < -0.39 is 0 Å². The molecule has 0 bridgehead atoms. The van der Waals surface area contributed by atoms with Gasteiger partial charge in [0.15, 0.2) is 5.11 Å². The van der Waals surface area contributed by atoms with Gasteiger partial charge in [-0.1, -0.05) is 46.8 Å². The Balaban J connectivity index is 1.90. The third-order valence-electron chi connectivity index (χ3n) is 3.12. The van der Waals surface area contributed by atoms with Gasteiger partial charge >= 0.3 is 0 Å². The Hall–Kier alpha value is -0.320. The van der Waals surface area contributed by atoms with Crippen molar-refractivity contribution >= 4 is 50.5 Å². The van der Waals surface area contributed by atoms with Crippen LogP contribution in [-0.2, 0) is 0 Å². The summed E-state index contributed by atoms with van der Waals surface area (Å²) in [5.74, 6) is 0. The van der Waals surface area contributed by atoms with Gasteiger partial charge in [0.25, 0.3) is 0 Å². The van der Waals surface area contributed by atoms with Gasteiger partial charge in [-0.05, 0) is 43.3 Å². The molecule has 5 heteroatoms. The Morgan fingerprint density at radius 2 is 2.00 bits per heavy atom. The molecule has 0 saturated heterocycles. The van der Waals surface area contributed by atoms with Crippen LogP contribution in [0.5, 0.6) is 0 Å². The molecular formula is C13H16BrClN2S. The van der Waals surface area contributed by atoms with E-state index in [1.807, 2.05) is 18.2 Å². The van der Waals surface area contributed by atoms with Crippen molar-refractivity contribution in [3.63, 3.8) is 0 Å². The molecular weight excluding hydrogens is 332 g/mol. The van der Waals surface area contributed by atoms with E-state index in [1.54, 1.807) is 0 Å². The first kappa shape index (κ1) is 14.1. The largest absolute Gasteiger partial charge is 0.360 e. The quantitative estimate of drug-likeness (QED) is 0.757. The molecule has 0 atom stereocenters. The number of thiocarbonyl (C=S) groups is 1. The van der Waals surface area contributed by atoms with E-state index in [9.17, 15) is 0 Å². The number of hydrogen-bond donors (Lipinski definition) is 2. The van der Waals surface area contributed by atoms with Gasteiger partial charge in [-0.15, -0.1) is 0 Å². The van der Waals surface area contributed by atoms with E-state index in [2.05, 4.69) is 26.6 Å². The maximum absolute atomic E-state index is 6.14. The third kappa shape index (κ3) is 4.11. The van der Waals surface area contributed by atoms with E-state index >= 15 is 0 Å². The minimum Gasteiger partial charge on any atom is -0.360 e. The minimum absolute atomic E-state index is 0.507. The van der Waals surface area contributed by atoms with Gasteiger partial charge in [0.2, 0.25) is 0 Å². The zero-order chi connectivity index (χ0) is 13.0. The Kier molecular flexibility index (Phi) is 5.27. The Morgan fingerprint density at radius 3 is 2.67 bits per heavy atom. The third-order valence-corrected chi connectivity index (χ3v) is 4.15. The van der Waals surface area contributed by atoms with Crippen LogP contribution >= 0.6 is 39.7 Å². The molecule has 98 valence electrons. The van der Waals surface area contributed by atoms with Crippen molar-refractivity contribution in [1.82, 2.24) is 5.32 Å². The number of nitrogens with one attached hydrogen (secondary N) is 2. The summed E-state index contributed by atoms with van der Waals surface area (Å²) < 4.78 is 0.962. The topological polar surface area (TPSA) is 24.1 Å². The van der Waals surface area contributed by atoms with Crippen molar-refractivity contribution < 1.29 is 0 Å². The summed E-state index contributed by atoms with van der Waals surface area (Å²) in [5, 5.41) is 7.83. The first-order chi connectivity index (χ1) is 8.65. The highest BCUT2D eigenvalue weighted by Gasteiger charge is 2.14. The zero-order valence-corrected chi connectivity index (χ0v) is 13.2. The van der Waals surface area contributed by atoms with Crippen LogP contribution in [0.1, 0.15) is 32.1 Å². The van der Waals surface area contributed by atoms with Gasteiger partial charge in [-0.2, -0.15) is 0 Å². The highest BCUT2D eigenvalue weighted by Crippen LogP contribution is 2.25. The lowest BCUT2D eigenvalue weighted by Gasteiger charge is -2.24. The number of rotatable bonds is 2. The molecule has 0 aromatic heterocycles. The molecule has 1 saturated carbocycles. The Bertz CT molecular complexity index is 433. The predicted molar refractivity (Wildman–Crippen MR) is 85.4 cm³/mol. The van der Waals surface area contributed by atoms with E-state index in [-0.39, 0.29) is 0 Å². The maximum atomic E-state index is 6.14. The van der Waals surface area contributed by atoms with Crippen molar-refractivity contribution in [2.45, 2.75) is 38.1 Å². The lowest BCUT2D eigenvalue weighted by Crippen LogP contribution is -2.38. The Morgan fingerprint density at radius 1 is 1.28 bits per heavy atom. The van der Waals surface area contributed by atoms with Crippen LogP contribution in [0.25, 0.3) is 0 Å². The second kappa shape index (κ2) is 6.73. The molecule has 0 heterocycles. The molecule has 2 rings (SSSR count). The highest BCUT2D eigenvalue weighted by atomic mass is 79.9. The van der Waals surface area contributed by atoms with Crippen LogP contribution < -0.4 is 10.6 Å². The van der Waals surface area contributed by atoms with Gasteiger partial charge in [-0.3, -0.25) is 0 Å². The number of hydrogen-bond acceptors (Lipinski definition) is 1. The summed E-state index contributed by atoms with van der Waals surface area (Å²) in [5.41, 5.74) is 0.841. The van der Waals surface area contributed by atoms with Crippen molar-refractivity contribution in [3.05, 3.63) is 27.7 Å². The van der Waals surface area contributed by atoms with Crippen molar-refractivity contribution in [1.29, 1.82) is 0 Å². The molecule has 1 fully saturated rings. The molecule has 0 aliphatic heterocycles. The Labute approximate surface area is 127 Å². The average molecular weight is 348 g/mol. The van der Waals surface area contributed by atoms with E-state index in [0.29, 0.717) is 16.2 Å². The van der Waals surface area contributed by atoms with Crippen molar-refractivity contribution in [2.75, 3.05) is 5.32 Å². The normalized spacial score (nSPS) is 16.3. The molecule has 1 aromatic carbocycles. The number of benzene rings is 1. The number of anilines is 1. The average Bonchev–Trinajstić information content (AvgIpc) is 2.34. The molecule has 0 spiro atoms. The van der Waals surface area contributed by atoms with Crippen LogP contribution in [0.4, 0.5) is 5.69 Å². The van der Waals surface area contributed by atoms with Crippen LogP contribution in [0, 0.1) is 0 Å². The summed E-state index contributed by atoms with van der Waals surface area (Å²) in [6.45, 7) is 0. The summed E-state index contributed by atoms with van der Waals surface area (Å²) >= 11 is 14.8. The fourth-order valence-corrected chi connectivity index (χ4v) is 3.18. The number of halogens is 2. The summed E-state index contributed by atoms with van der Waals surface area (Å²) in [6, 6.07) is 6.22. The monoisotopic (exact) mass is 346 g/mol. The van der Waals surface area contributed by atoms with Crippen LogP contribution in [0.2, 0.25) is 5.02 Å². The molecule has 0 amide bonds. The molecule has 1 aromatic rings. The summed E-state index contributed by atoms with van der Waals surface area (Å²) in [4.78, 5) is 0. The van der Waals surface area contributed by atoms with E-state index in [0.717, 1.165) is 10.2 Å². The molecule has 1 aliphatic rings. The van der Waals surface area contributed by atoms with Crippen molar-refractivity contribution in [2.24, 2.45) is 0 Å². The fourth-order valence-electron chi connectivity index (χ4n) is 2.18. The SMILES string of the molecule is S=C(Nc1ccc(Br)cc1Cl)NC1CCCCC1. The van der Waals surface area contributed by atoms with Gasteiger partial charge < -0.3 is 10.6 Å². The molecule has 18 heavy (non-hydrogen) atoms. The smallest absolute Gasteiger partial charge is 0.171 e. The van der Waals surface area contributed by atoms with Crippen LogP contribution in [-0.4, -0.2) is 11.2 Å². The maximum Gasteiger partial charge on any atom is 0.171 e. The minimum atomic E-state index is 0.507. The molecule has 1 aliphatic carbocycles. The van der Waals surface area contributed by atoms with Crippen molar-refractivity contribution in [3.8, 4) is 0 Å². The van der Waals surface area contributed by atoms with E-state index in [1.165, 1.54) is 32.1 Å². The lowest BCUT2D eigenvalue weighted by atomic mass is 9.96. The predicted octanol–water partition coefficient (Wildman–Crippen LogP) is 4.72. The first-order valence-corrected chi connectivity index (χ1v) is 7.75. The van der Waals surface area contributed by atoms with E-state index in [4.69, 9.17) is 23.8 Å². The summed E-state index contributed by atoms with van der Waals surface area (Å²) in [7, 11) is 0. The van der Waals surface area contributed by atoms with Gasteiger partial charge in [0.05, 0.1) is 10.7 Å². The second-order valence-corrected chi connectivity index (χ2v) is 6.29. The zero-order valence-electron chi connectivity index (χ0n) is 10.0. The standard InChI is InChI=1S/C13H16BrClN2S/c14-9-6-7-12(11(15)8-9)17-13(18)16-10-4-2-1-3-5-10/h6-8,10H,1-5H2,(H2,16,17,18). The molecule has 0 unspecified atom stereocenters. The first-order valence-electron chi connectivity index (χ1n) is 6.18. The molecule has 2 N–H and O–H groups in total. The molecule has 0 radical (unpaired) electrons. The summed E-state index contributed by atoms with van der Waals surface area (Å²) in [6.07, 6.45) is 6.33. The highest BCUT2D eigenvalue weighted by molar-refractivity contribution is 9.10. The fraction of sp³-hybridized carbons (Fsp3) is 0.462. The molecule has 2 nitrogen and oxygen atoms in total.